The summed E-state index contributed by atoms with van der Waals surface area (Å²) in [6, 6.07) is 12.8. The molecule has 2 aromatic rings. The molecule has 0 aliphatic carbocycles. The lowest BCUT2D eigenvalue weighted by Gasteiger charge is -2.05. The molecule has 96 valence electrons. The highest BCUT2D eigenvalue weighted by atomic mass is 32.2. The second kappa shape index (κ2) is 5.53. The summed E-state index contributed by atoms with van der Waals surface area (Å²) in [7, 11) is 0. The Morgan fingerprint density at radius 2 is 1.84 bits per heavy atom. The summed E-state index contributed by atoms with van der Waals surface area (Å²) in [6.07, 6.45) is 0. The minimum atomic E-state index is -1.10. The molecule has 5 nitrogen and oxygen atoms in total. The van der Waals surface area contributed by atoms with Crippen molar-refractivity contribution in [3.63, 3.8) is 0 Å². The third-order valence-corrected chi connectivity index (χ3v) is 3.44. The largest absolute Gasteiger partial charge is 0.478 e. The highest BCUT2D eigenvalue weighted by molar-refractivity contribution is 7.99. The van der Waals surface area contributed by atoms with E-state index in [0.717, 1.165) is 4.90 Å². The molecule has 0 spiro atoms. The van der Waals surface area contributed by atoms with Gasteiger partial charge in [0.05, 0.1) is 10.5 Å². The predicted molar refractivity (Wildman–Crippen MR) is 70.6 cm³/mol. The van der Waals surface area contributed by atoms with Gasteiger partial charge in [-0.2, -0.15) is 0 Å². The summed E-state index contributed by atoms with van der Waals surface area (Å²) in [5.74, 6) is -1.10. The number of non-ortho nitro benzene ring substituents is 1. The Bertz CT molecular complexity index is 628. The van der Waals surface area contributed by atoms with Crippen molar-refractivity contribution in [2.45, 2.75) is 9.79 Å². The second-order valence-electron chi connectivity index (χ2n) is 3.66. The van der Waals surface area contributed by atoms with Crippen LogP contribution in [0.4, 0.5) is 5.69 Å². The van der Waals surface area contributed by atoms with Crippen molar-refractivity contribution in [2.24, 2.45) is 0 Å². The SMILES string of the molecule is O=C(O)c1ccc([N+](=O)[O-])cc1Sc1ccccc1. The van der Waals surface area contributed by atoms with Gasteiger partial charge in [0.25, 0.3) is 5.69 Å². The Morgan fingerprint density at radius 3 is 2.42 bits per heavy atom. The Hall–Kier alpha value is -2.34. The summed E-state index contributed by atoms with van der Waals surface area (Å²) in [5.41, 5.74) is -0.0668. The normalized spacial score (nSPS) is 10.1. The molecule has 0 atom stereocenters. The number of hydrogen-bond acceptors (Lipinski definition) is 4. The zero-order chi connectivity index (χ0) is 13.8. The van der Waals surface area contributed by atoms with Gasteiger partial charge in [-0.1, -0.05) is 30.0 Å². The number of hydrogen-bond donors (Lipinski definition) is 1. The lowest BCUT2D eigenvalue weighted by atomic mass is 10.2. The van der Waals surface area contributed by atoms with Crippen LogP contribution in [0.3, 0.4) is 0 Å². The molecule has 0 amide bonds. The first-order valence-corrected chi connectivity index (χ1v) is 6.14. The van der Waals surface area contributed by atoms with Crippen LogP contribution in [0.15, 0.2) is 58.3 Å². The van der Waals surface area contributed by atoms with E-state index in [1.807, 2.05) is 30.3 Å². The van der Waals surface area contributed by atoms with Crippen molar-refractivity contribution in [3.8, 4) is 0 Å². The summed E-state index contributed by atoms with van der Waals surface area (Å²) in [6.45, 7) is 0. The number of carboxylic acids is 1. The van der Waals surface area contributed by atoms with Gasteiger partial charge in [0.1, 0.15) is 0 Å². The first-order valence-electron chi connectivity index (χ1n) is 5.32. The number of carbonyl (C=O) groups is 1. The maximum Gasteiger partial charge on any atom is 0.336 e. The fourth-order valence-corrected chi connectivity index (χ4v) is 2.49. The van der Waals surface area contributed by atoms with Crippen molar-refractivity contribution in [2.75, 3.05) is 0 Å². The lowest BCUT2D eigenvalue weighted by molar-refractivity contribution is -0.385. The van der Waals surface area contributed by atoms with Gasteiger partial charge < -0.3 is 5.11 Å². The number of rotatable bonds is 4. The molecule has 2 rings (SSSR count). The van der Waals surface area contributed by atoms with Gasteiger partial charge in [-0.25, -0.2) is 4.79 Å². The molecule has 2 aromatic carbocycles. The van der Waals surface area contributed by atoms with E-state index in [1.165, 1.54) is 30.0 Å². The van der Waals surface area contributed by atoms with Crippen LogP contribution in [0, 0.1) is 10.1 Å². The lowest BCUT2D eigenvalue weighted by Crippen LogP contribution is -2.00. The van der Waals surface area contributed by atoms with Crippen LogP contribution in [0.25, 0.3) is 0 Å². The van der Waals surface area contributed by atoms with Crippen molar-refractivity contribution >= 4 is 23.4 Å². The van der Waals surface area contributed by atoms with Crippen molar-refractivity contribution in [3.05, 3.63) is 64.2 Å². The van der Waals surface area contributed by atoms with Gasteiger partial charge in [-0.05, 0) is 18.2 Å². The predicted octanol–water partition coefficient (Wildman–Crippen LogP) is 3.44. The van der Waals surface area contributed by atoms with Crippen LogP contribution in [-0.2, 0) is 0 Å². The molecule has 0 bridgehead atoms. The Kier molecular flexibility index (Phi) is 3.82. The molecule has 0 aromatic heterocycles. The number of nitrogens with zero attached hydrogens (tertiary/aromatic N) is 1. The van der Waals surface area contributed by atoms with Gasteiger partial charge in [0.15, 0.2) is 0 Å². The van der Waals surface area contributed by atoms with E-state index in [2.05, 4.69) is 0 Å². The molecular weight excluding hydrogens is 266 g/mol. The van der Waals surface area contributed by atoms with Crippen LogP contribution in [0.1, 0.15) is 10.4 Å². The van der Waals surface area contributed by atoms with Crippen LogP contribution < -0.4 is 0 Å². The molecule has 0 aliphatic rings. The summed E-state index contributed by atoms with van der Waals surface area (Å²) >= 11 is 1.19. The first-order chi connectivity index (χ1) is 9.08. The molecule has 1 N–H and O–H groups in total. The van der Waals surface area contributed by atoms with Crippen LogP contribution in [0.2, 0.25) is 0 Å². The van der Waals surface area contributed by atoms with Gasteiger partial charge in [-0.3, -0.25) is 10.1 Å². The zero-order valence-corrected chi connectivity index (χ0v) is 10.5. The van der Waals surface area contributed by atoms with Crippen LogP contribution in [0.5, 0.6) is 0 Å². The Labute approximate surface area is 113 Å². The molecule has 0 unspecified atom stereocenters. The fraction of sp³-hybridized carbons (Fsp3) is 0. The van der Waals surface area contributed by atoms with Gasteiger partial charge in [0, 0.05) is 21.9 Å². The first kappa shape index (κ1) is 13.1. The average molecular weight is 275 g/mol. The minimum absolute atomic E-state index is 0.0550. The quantitative estimate of drug-likeness (QED) is 0.682. The Morgan fingerprint density at radius 1 is 1.16 bits per heavy atom. The van der Waals surface area contributed by atoms with Gasteiger partial charge in [-0.15, -0.1) is 0 Å². The van der Waals surface area contributed by atoms with E-state index < -0.39 is 10.9 Å². The molecule has 0 saturated carbocycles. The monoisotopic (exact) mass is 275 g/mol. The summed E-state index contributed by atoms with van der Waals surface area (Å²) < 4.78 is 0. The number of benzene rings is 2. The molecular formula is C13H9NO4S. The van der Waals surface area contributed by atoms with Crippen molar-refractivity contribution in [1.82, 2.24) is 0 Å². The van der Waals surface area contributed by atoms with E-state index in [-0.39, 0.29) is 11.3 Å². The zero-order valence-electron chi connectivity index (χ0n) is 9.65. The number of nitro groups is 1. The number of nitro benzene ring substituents is 1. The van der Waals surface area contributed by atoms with E-state index in [1.54, 1.807) is 0 Å². The smallest absolute Gasteiger partial charge is 0.336 e. The van der Waals surface area contributed by atoms with Gasteiger partial charge >= 0.3 is 5.97 Å². The highest BCUT2D eigenvalue weighted by Crippen LogP contribution is 2.32. The van der Waals surface area contributed by atoms with Crippen molar-refractivity contribution in [1.29, 1.82) is 0 Å². The highest BCUT2D eigenvalue weighted by Gasteiger charge is 2.16. The van der Waals surface area contributed by atoms with E-state index in [9.17, 15) is 14.9 Å². The molecule has 19 heavy (non-hydrogen) atoms. The van der Waals surface area contributed by atoms with E-state index in [0.29, 0.717) is 4.90 Å². The fourth-order valence-electron chi connectivity index (χ4n) is 1.50. The summed E-state index contributed by atoms with van der Waals surface area (Å²) in [5, 5.41) is 19.8. The third kappa shape index (κ3) is 3.11. The third-order valence-electron chi connectivity index (χ3n) is 2.38. The average Bonchev–Trinajstić information content (AvgIpc) is 2.39. The molecule has 0 heterocycles. The Balaban J connectivity index is 2.43. The maximum atomic E-state index is 11.1. The van der Waals surface area contributed by atoms with Crippen LogP contribution in [-0.4, -0.2) is 16.0 Å². The van der Waals surface area contributed by atoms with Crippen molar-refractivity contribution < 1.29 is 14.8 Å². The van der Waals surface area contributed by atoms with E-state index >= 15 is 0 Å². The minimum Gasteiger partial charge on any atom is -0.478 e. The van der Waals surface area contributed by atoms with E-state index in [4.69, 9.17) is 5.11 Å². The van der Waals surface area contributed by atoms with Crippen LogP contribution >= 0.6 is 11.8 Å². The van der Waals surface area contributed by atoms with Gasteiger partial charge in [0.2, 0.25) is 0 Å². The molecule has 0 radical (unpaired) electrons. The molecule has 6 heteroatoms. The second-order valence-corrected chi connectivity index (χ2v) is 4.77. The molecule has 0 saturated heterocycles. The maximum absolute atomic E-state index is 11.1. The topological polar surface area (TPSA) is 80.4 Å². The summed E-state index contributed by atoms with van der Waals surface area (Å²) in [4.78, 5) is 22.5. The number of carboxylic acid groups (broad SMARTS) is 1. The molecule has 0 aliphatic heterocycles. The molecule has 0 fully saturated rings. The standard InChI is InChI=1S/C13H9NO4S/c15-13(16)11-7-6-9(14(17)18)8-12(11)19-10-4-2-1-3-5-10/h1-8H,(H,15,16). The number of aromatic carboxylic acids is 1.